The van der Waals surface area contributed by atoms with Crippen LogP contribution in [-0.2, 0) is 4.74 Å². The average molecular weight is 306 g/mol. The van der Waals surface area contributed by atoms with E-state index in [1.807, 2.05) is 61.7 Å². The molecule has 1 unspecified atom stereocenters. The Labute approximate surface area is 135 Å². The van der Waals surface area contributed by atoms with Crippen LogP contribution in [0.25, 0.3) is 5.65 Å². The van der Waals surface area contributed by atoms with Gasteiger partial charge >= 0.3 is 0 Å². The number of anilines is 1. The first-order valence-corrected chi connectivity index (χ1v) is 7.61. The number of pyridine rings is 1. The standard InChI is InChI=1S/C18H18N4O/c1-2-23-16(14-8-4-3-5-9-14)13-20-18-15(12-19)22-11-7-6-10-17(22)21-18/h3-11,16,20H,2,13H2,1H3. The SMILES string of the molecule is CCOC(CNc1nc2ccccn2c1C#N)c1ccccc1. The van der Waals surface area contributed by atoms with Gasteiger partial charge in [0.1, 0.15) is 11.7 Å². The van der Waals surface area contributed by atoms with E-state index in [2.05, 4.69) is 16.4 Å². The molecule has 0 fully saturated rings. The predicted octanol–water partition coefficient (Wildman–Crippen LogP) is 3.40. The number of rotatable bonds is 6. The Morgan fingerprint density at radius 2 is 2.00 bits per heavy atom. The van der Waals surface area contributed by atoms with Crippen molar-refractivity contribution in [3.8, 4) is 6.07 Å². The van der Waals surface area contributed by atoms with Crippen molar-refractivity contribution in [2.75, 3.05) is 18.5 Å². The molecule has 2 aromatic heterocycles. The molecule has 0 amide bonds. The van der Waals surface area contributed by atoms with Crippen LogP contribution in [0.15, 0.2) is 54.7 Å². The lowest BCUT2D eigenvalue weighted by Crippen LogP contribution is -2.16. The summed E-state index contributed by atoms with van der Waals surface area (Å²) in [6.45, 7) is 3.15. The van der Waals surface area contributed by atoms with E-state index in [0.29, 0.717) is 24.7 Å². The molecule has 0 spiro atoms. The van der Waals surface area contributed by atoms with Crippen molar-refractivity contribution >= 4 is 11.5 Å². The number of fused-ring (bicyclic) bond motifs is 1. The minimum absolute atomic E-state index is 0.0856. The zero-order valence-corrected chi connectivity index (χ0v) is 12.9. The Morgan fingerprint density at radius 1 is 1.22 bits per heavy atom. The molecule has 0 aliphatic carbocycles. The summed E-state index contributed by atoms with van der Waals surface area (Å²) >= 11 is 0. The molecule has 0 saturated heterocycles. The van der Waals surface area contributed by atoms with Gasteiger partial charge in [-0.25, -0.2) is 4.98 Å². The van der Waals surface area contributed by atoms with Gasteiger partial charge in [-0.05, 0) is 24.6 Å². The number of imidazole rings is 1. The van der Waals surface area contributed by atoms with Crippen LogP contribution >= 0.6 is 0 Å². The zero-order chi connectivity index (χ0) is 16.1. The molecular formula is C18H18N4O. The van der Waals surface area contributed by atoms with Crippen molar-refractivity contribution in [2.24, 2.45) is 0 Å². The van der Waals surface area contributed by atoms with Gasteiger partial charge in [0.15, 0.2) is 11.5 Å². The van der Waals surface area contributed by atoms with Gasteiger partial charge in [-0.2, -0.15) is 5.26 Å². The van der Waals surface area contributed by atoms with Gasteiger partial charge in [-0.3, -0.25) is 4.40 Å². The Balaban J connectivity index is 1.83. The highest BCUT2D eigenvalue weighted by Gasteiger charge is 2.15. The number of nitriles is 1. The number of nitrogens with one attached hydrogen (secondary N) is 1. The second-order valence-corrected chi connectivity index (χ2v) is 5.09. The fraction of sp³-hybridized carbons (Fsp3) is 0.222. The molecule has 5 nitrogen and oxygen atoms in total. The van der Waals surface area contributed by atoms with Gasteiger partial charge in [0.2, 0.25) is 0 Å². The lowest BCUT2D eigenvalue weighted by molar-refractivity contribution is 0.0718. The average Bonchev–Trinajstić information content (AvgIpc) is 2.96. The van der Waals surface area contributed by atoms with Crippen molar-refractivity contribution in [1.82, 2.24) is 9.38 Å². The first kappa shape index (κ1) is 15.1. The first-order valence-electron chi connectivity index (χ1n) is 7.61. The van der Waals surface area contributed by atoms with Gasteiger partial charge < -0.3 is 10.1 Å². The summed E-state index contributed by atoms with van der Waals surface area (Å²) in [6.07, 6.45) is 1.75. The third-order valence-electron chi connectivity index (χ3n) is 3.63. The van der Waals surface area contributed by atoms with Crippen LogP contribution in [0.4, 0.5) is 5.82 Å². The van der Waals surface area contributed by atoms with E-state index < -0.39 is 0 Å². The molecule has 3 rings (SSSR count). The van der Waals surface area contributed by atoms with Crippen LogP contribution in [0.1, 0.15) is 24.3 Å². The van der Waals surface area contributed by atoms with E-state index >= 15 is 0 Å². The lowest BCUT2D eigenvalue weighted by atomic mass is 10.1. The smallest absolute Gasteiger partial charge is 0.168 e. The molecule has 0 aliphatic heterocycles. The van der Waals surface area contributed by atoms with E-state index in [-0.39, 0.29) is 6.10 Å². The molecule has 0 bridgehead atoms. The fourth-order valence-electron chi connectivity index (χ4n) is 2.56. The second-order valence-electron chi connectivity index (χ2n) is 5.09. The number of ether oxygens (including phenoxy) is 1. The minimum Gasteiger partial charge on any atom is -0.372 e. The van der Waals surface area contributed by atoms with Gasteiger partial charge in [0.05, 0.1) is 6.10 Å². The summed E-state index contributed by atoms with van der Waals surface area (Å²) in [4.78, 5) is 4.48. The topological polar surface area (TPSA) is 62.4 Å². The number of aromatic nitrogens is 2. The van der Waals surface area contributed by atoms with Gasteiger partial charge in [-0.15, -0.1) is 0 Å². The van der Waals surface area contributed by atoms with Crippen LogP contribution in [0.5, 0.6) is 0 Å². The molecule has 1 aromatic carbocycles. The van der Waals surface area contributed by atoms with Crippen LogP contribution < -0.4 is 5.32 Å². The van der Waals surface area contributed by atoms with Crippen LogP contribution in [0, 0.1) is 11.3 Å². The molecule has 0 radical (unpaired) electrons. The maximum absolute atomic E-state index is 9.41. The van der Waals surface area contributed by atoms with Crippen LogP contribution in [0.2, 0.25) is 0 Å². The highest BCUT2D eigenvalue weighted by atomic mass is 16.5. The Kier molecular flexibility index (Phi) is 4.55. The highest BCUT2D eigenvalue weighted by molar-refractivity contribution is 5.58. The van der Waals surface area contributed by atoms with Crippen molar-refractivity contribution in [1.29, 1.82) is 5.26 Å². The van der Waals surface area contributed by atoms with E-state index in [1.165, 1.54) is 0 Å². The van der Waals surface area contributed by atoms with Crippen molar-refractivity contribution in [3.05, 3.63) is 66.0 Å². The van der Waals surface area contributed by atoms with Gasteiger partial charge in [0.25, 0.3) is 0 Å². The molecule has 116 valence electrons. The van der Waals surface area contributed by atoms with E-state index in [4.69, 9.17) is 4.74 Å². The molecule has 0 saturated carbocycles. The Bertz CT molecular complexity index is 820. The zero-order valence-electron chi connectivity index (χ0n) is 12.9. The Hall–Kier alpha value is -2.84. The minimum atomic E-state index is -0.0856. The third-order valence-corrected chi connectivity index (χ3v) is 3.63. The molecule has 23 heavy (non-hydrogen) atoms. The third kappa shape index (κ3) is 3.17. The molecule has 1 atom stereocenters. The van der Waals surface area contributed by atoms with Crippen molar-refractivity contribution in [2.45, 2.75) is 13.0 Å². The summed E-state index contributed by atoms with van der Waals surface area (Å²) in [5.41, 5.74) is 2.35. The summed E-state index contributed by atoms with van der Waals surface area (Å²) in [5.74, 6) is 0.583. The molecule has 5 heteroatoms. The maximum Gasteiger partial charge on any atom is 0.168 e. The van der Waals surface area contributed by atoms with E-state index in [1.54, 1.807) is 4.40 Å². The fourth-order valence-corrected chi connectivity index (χ4v) is 2.56. The molecule has 2 heterocycles. The monoisotopic (exact) mass is 306 g/mol. The normalized spacial score (nSPS) is 12.0. The van der Waals surface area contributed by atoms with Crippen molar-refractivity contribution < 1.29 is 4.74 Å². The van der Waals surface area contributed by atoms with E-state index in [0.717, 1.165) is 11.2 Å². The summed E-state index contributed by atoms with van der Waals surface area (Å²) in [7, 11) is 0. The predicted molar refractivity (Wildman–Crippen MR) is 89.2 cm³/mol. The Morgan fingerprint density at radius 3 is 2.74 bits per heavy atom. The van der Waals surface area contributed by atoms with E-state index in [9.17, 15) is 5.26 Å². The van der Waals surface area contributed by atoms with Crippen LogP contribution in [-0.4, -0.2) is 22.5 Å². The summed E-state index contributed by atoms with van der Waals surface area (Å²) in [5, 5.41) is 12.7. The molecular weight excluding hydrogens is 288 g/mol. The number of hydrogen-bond donors (Lipinski definition) is 1. The molecule has 3 aromatic rings. The number of hydrogen-bond acceptors (Lipinski definition) is 4. The largest absolute Gasteiger partial charge is 0.372 e. The quantitative estimate of drug-likeness (QED) is 0.758. The summed E-state index contributed by atoms with van der Waals surface area (Å²) in [6, 6.07) is 17.9. The van der Waals surface area contributed by atoms with Gasteiger partial charge in [0, 0.05) is 19.3 Å². The first-order chi connectivity index (χ1) is 11.3. The molecule has 0 aliphatic rings. The highest BCUT2D eigenvalue weighted by Crippen LogP contribution is 2.21. The second kappa shape index (κ2) is 6.95. The number of benzene rings is 1. The lowest BCUT2D eigenvalue weighted by Gasteiger charge is -2.18. The summed E-state index contributed by atoms with van der Waals surface area (Å²) < 4.78 is 7.60. The molecule has 1 N–H and O–H groups in total. The van der Waals surface area contributed by atoms with Crippen molar-refractivity contribution in [3.63, 3.8) is 0 Å². The van der Waals surface area contributed by atoms with Crippen LogP contribution in [0.3, 0.4) is 0 Å². The number of nitrogens with zero attached hydrogens (tertiary/aromatic N) is 3. The van der Waals surface area contributed by atoms with Gasteiger partial charge in [-0.1, -0.05) is 36.4 Å². The maximum atomic E-state index is 9.41.